The second kappa shape index (κ2) is 5.14. The third kappa shape index (κ3) is 2.92. The van der Waals surface area contributed by atoms with Crippen molar-refractivity contribution in [3.05, 3.63) is 12.7 Å². The molecule has 2 aromatic heterocycles. The van der Waals surface area contributed by atoms with E-state index in [9.17, 15) is 13.2 Å². The van der Waals surface area contributed by atoms with Crippen LogP contribution in [0.15, 0.2) is 12.7 Å². The van der Waals surface area contributed by atoms with E-state index in [0.717, 1.165) is 0 Å². The maximum absolute atomic E-state index is 12.5. The van der Waals surface area contributed by atoms with Crippen LogP contribution in [0.25, 0.3) is 11.2 Å². The van der Waals surface area contributed by atoms with Gasteiger partial charge in [-0.25, -0.2) is 15.0 Å². The molecule has 2 aromatic rings. The van der Waals surface area contributed by atoms with Crippen molar-refractivity contribution in [3.8, 4) is 0 Å². The highest BCUT2D eigenvalue weighted by Gasteiger charge is 2.35. The maximum atomic E-state index is 12.5. The van der Waals surface area contributed by atoms with Crippen molar-refractivity contribution in [3.63, 3.8) is 0 Å². The molecule has 1 N–H and O–H groups in total. The first-order valence-electron chi connectivity index (χ1n) is 6.64. The van der Waals surface area contributed by atoms with Gasteiger partial charge in [0.2, 0.25) is 0 Å². The zero-order chi connectivity index (χ0) is 15.0. The number of piperazine rings is 1. The van der Waals surface area contributed by atoms with Gasteiger partial charge in [-0.3, -0.25) is 4.90 Å². The van der Waals surface area contributed by atoms with Gasteiger partial charge in [-0.1, -0.05) is 0 Å². The fourth-order valence-corrected chi connectivity index (χ4v) is 2.64. The fourth-order valence-electron chi connectivity index (χ4n) is 2.64. The van der Waals surface area contributed by atoms with Crippen molar-refractivity contribution < 1.29 is 13.2 Å². The SMILES string of the molecule is CC1CN(c2ncnc3nc[nH]c23)CCN1CC(F)(F)F. The maximum Gasteiger partial charge on any atom is 0.401 e. The molecule has 0 aromatic carbocycles. The zero-order valence-electron chi connectivity index (χ0n) is 11.4. The Labute approximate surface area is 119 Å². The summed E-state index contributed by atoms with van der Waals surface area (Å²) in [6.45, 7) is 2.25. The largest absolute Gasteiger partial charge is 0.401 e. The van der Waals surface area contributed by atoms with Crippen LogP contribution < -0.4 is 4.90 Å². The lowest BCUT2D eigenvalue weighted by Crippen LogP contribution is -2.54. The normalized spacial score (nSPS) is 21.1. The first-order valence-corrected chi connectivity index (χ1v) is 6.64. The summed E-state index contributed by atoms with van der Waals surface area (Å²) in [4.78, 5) is 18.7. The van der Waals surface area contributed by atoms with Crippen molar-refractivity contribution in [2.45, 2.75) is 19.1 Å². The third-order valence-corrected chi connectivity index (χ3v) is 3.65. The van der Waals surface area contributed by atoms with E-state index in [-0.39, 0.29) is 6.04 Å². The molecule has 114 valence electrons. The number of hydrogen-bond acceptors (Lipinski definition) is 5. The number of nitrogens with one attached hydrogen (secondary N) is 1. The lowest BCUT2D eigenvalue weighted by atomic mass is 10.2. The van der Waals surface area contributed by atoms with Gasteiger partial charge in [-0.2, -0.15) is 13.2 Å². The average Bonchev–Trinajstić information content (AvgIpc) is 2.88. The second-order valence-electron chi connectivity index (χ2n) is 5.18. The van der Waals surface area contributed by atoms with Crippen LogP contribution in [0.5, 0.6) is 0 Å². The number of H-pyrrole nitrogens is 1. The number of rotatable bonds is 2. The Morgan fingerprint density at radius 2 is 2.10 bits per heavy atom. The molecule has 9 heteroatoms. The van der Waals surface area contributed by atoms with Gasteiger partial charge in [0.25, 0.3) is 0 Å². The highest BCUT2D eigenvalue weighted by molar-refractivity contribution is 5.82. The first kappa shape index (κ1) is 14.1. The van der Waals surface area contributed by atoms with Gasteiger partial charge >= 0.3 is 6.18 Å². The molecule has 21 heavy (non-hydrogen) atoms. The van der Waals surface area contributed by atoms with Crippen LogP contribution in [0.2, 0.25) is 0 Å². The highest BCUT2D eigenvalue weighted by atomic mass is 19.4. The number of halogens is 3. The summed E-state index contributed by atoms with van der Waals surface area (Å²) in [5.41, 5.74) is 1.28. The predicted octanol–water partition coefficient (Wildman–Crippen LogP) is 1.43. The number of hydrogen-bond donors (Lipinski definition) is 1. The highest BCUT2D eigenvalue weighted by Crippen LogP contribution is 2.25. The molecular formula is C12H15F3N6. The van der Waals surface area contributed by atoms with Gasteiger partial charge in [0.15, 0.2) is 11.5 Å². The number of fused-ring (bicyclic) bond motifs is 1. The molecule has 1 fully saturated rings. The molecular weight excluding hydrogens is 285 g/mol. The van der Waals surface area contributed by atoms with Crippen LogP contribution in [0.4, 0.5) is 19.0 Å². The third-order valence-electron chi connectivity index (χ3n) is 3.65. The number of imidazole rings is 1. The smallest absolute Gasteiger partial charge is 0.352 e. The lowest BCUT2D eigenvalue weighted by Gasteiger charge is -2.40. The van der Waals surface area contributed by atoms with Gasteiger partial charge < -0.3 is 9.88 Å². The lowest BCUT2D eigenvalue weighted by molar-refractivity contribution is -0.150. The summed E-state index contributed by atoms with van der Waals surface area (Å²) in [6.07, 6.45) is -1.21. The molecule has 0 amide bonds. The standard InChI is InChI=1S/C12H15F3N6/c1-8-4-20(2-3-21(8)5-12(13,14)15)11-9-10(17-6-16-9)18-7-19-11/h6-8H,2-5H2,1H3,(H,16,17,18,19). The van der Waals surface area contributed by atoms with E-state index < -0.39 is 12.7 Å². The quantitative estimate of drug-likeness (QED) is 0.909. The van der Waals surface area contributed by atoms with Crippen molar-refractivity contribution in [1.82, 2.24) is 24.8 Å². The second-order valence-corrected chi connectivity index (χ2v) is 5.18. The van der Waals surface area contributed by atoms with Crippen molar-refractivity contribution in [2.75, 3.05) is 31.1 Å². The fraction of sp³-hybridized carbons (Fsp3) is 0.583. The van der Waals surface area contributed by atoms with Gasteiger partial charge in [-0.15, -0.1) is 0 Å². The molecule has 3 heterocycles. The van der Waals surface area contributed by atoms with E-state index in [1.165, 1.54) is 17.6 Å². The minimum absolute atomic E-state index is 0.201. The Bertz CT molecular complexity index is 625. The van der Waals surface area contributed by atoms with E-state index in [4.69, 9.17) is 0 Å². The molecule has 1 saturated heterocycles. The molecule has 0 spiro atoms. The van der Waals surface area contributed by atoms with Crippen LogP contribution >= 0.6 is 0 Å². The summed E-state index contributed by atoms with van der Waals surface area (Å²) in [7, 11) is 0. The molecule has 1 aliphatic rings. The van der Waals surface area contributed by atoms with E-state index in [2.05, 4.69) is 19.9 Å². The van der Waals surface area contributed by atoms with Crippen LogP contribution in [-0.2, 0) is 0 Å². The number of alkyl halides is 3. The van der Waals surface area contributed by atoms with Gasteiger partial charge in [0, 0.05) is 25.7 Å². The molecule has 0 aliphatic carbocycles. The van der Waals surface area contributed by atoms with Crippen LogP contribution in [-0.4, -0.2) is 63.2 Å². The minimum atomic E-state index is -4.16. The molecule has 3 rings (SSSR count). The Morgan fingerprint density at radius 3 is 2.81 bits per heavy atom. The summed E-state index contributed by atoms with van der Waals surface area (Å²) >= 11 is 0. The molecule has 6 nitrogen and oxygen atoms in total. The molecule has 1 unspecified atom stereocenters. The van der Waals surface area contributed by atoms with Gasteiger partial charge in [0.05, 0.1) is 12.9 Å². The number of nitrogens with zero attached hydrogens (tertiary/aromatic N) is 5. The number of aromatic nitrogens is 4. The Morgan fingerprint density at radius 1 is 1.29 bits per heavy atom. The van der Waals surface area contributed by atoms with E-state index in [1.54, 1.807) is 6.92 Å². The summed E-state index contributed by atoms with van der Waals surface area (Å²) in [5, 5.41) is 0. The molecule has 0 radical (unpaired) electrons. The minimum Gasteiger partial charge on any atom is -0.352 e. The topological polar surface area (TPSA) is 60.9 Å². The monoisotopic (exact) mass is 300 g/mol. The summed E-state index contributed by atoms with van der Waals surface area (Å²) in [6, 6.07) is -0.201. The van der Waals surface area contributed by atoms with Crippen molar-refractivity contribution in [1.29, 1.82) is 0 Å². The van der Waals surface area contributed by atoms with Gasteiger partial charge in [0.1, 0.15) is 11.8 Å². The summed E-state index contributed by atoms with van der Waals surface area (Å²) < 4.78 is 37.5. The van der Waals surface area contributed by atoms with Crippen LogP contribution in [0, 0.1) is 0 Å². The van der Waals surface area contributed by atoms with E-state index in [1.807, 2.05) is 4.90 Å². The van der Waals surface area contributed by atoms with E-state index >= 15 is 0 Å². The number of anilines is 1. The predicted molar refractivity (Wildman–Crippen MR) is 71.0 cm³/mol. The Kier molecular flexibility index (Phi) is 3.44. The van der Waals surface area contributed by atoms with Crippen LogP contribution in [0.1, 0.15) is 6.92 Å². The zero-order valence-corrected chi connectivity index (χ0v) is 11.4. The van der Waals surface area contributed by atoms with Crippen molar-refractivity contribution in [2.24, 2.45) is 0 Å². The molecule has 0 saturated carbocycles. The number of aromatic amines is 1. The molecule has 1 atom stereocenters. The Hall–Kier alpha value is -1.90. The first-order chi connectivity index (χ1) is 9.94. The Balaban J connectivity index is 1.77. The van der Waals surface area contributed by atoms with Crippen molar-refractivity contribution >= 4 is 17.0 Å². The van der Waals surface area contributed by atoms with Crippen LogP contribution in [0.3, 0.4) is 0 Å². The summed E-state index contributed by atoms with van der Waals surface area (Å²) in [5.74, 6) is 0.691. The average molecular weight is 300 g/mol. The molecule has 1 aliphatic heterocycles. The molecule has 0 bridgehead atoms. The van der Waals surface area contributed by atoms with Gasteiger partial charge in [-0.05, 0) is 6.92 Å². The van der Waals surface area contributed by atoms with E-state index in [0.29, 0.717) is 36.6 Å².